The van der Waals surface area contributed by atoms with Crippen molar-refractivity contribution >= 4 is 0 Å². The van der Waals surface area contributed by atoms with Gasteiger partial charge in [-0.25, -0.2) is 4.98 Å². The van der Waals surface area contributed by atoms with Gasteiger partial charge in [0.25, 0.3) is 0 Å². The van der Waals surface area contributed by atoms with Gasteiger partial charge >= 0.3 is 0 Å². The monoisotopic (exact) mass is 193 g/mol. The first-order valence-electron chi connectivity index (χ1n) is 5.46. The van der Waals surface area contributed by atoms with Crippen molar-refractivity contribution in [2.45, 2.75) is 39.2 Å². The van der Waals surface area contributed by atoms with Gasteiger partial charge in [0.2, 0.25) is 0 Å². The maximum atomic E-state index is 5.69. The molecule has 0 saturated heterocycles. The number of fused-ring (bicyclic) bond motifs is 1. The summed E-state index contributed by atoms with van der Waals surface area (Å²) in [5.41, 5.74) is 6.91. The molecular weight excluding hydrogens is 174 g/mol. The van der Waals surface area contributed by atoms with Crippen LogP contribution in [0.25, 0.3) is 0 Å². The van der Waals surface area contributed by atoms with Gasteiger partial charge in [-0.2, -0.15) is 0 Å². The van der Waals surface area contributed by atoms with Crippen molar-refractivity contribution in [2.24, 2.45) is 11.7 Å². The minimum absolute atomic E-state index is 0.532. The number of aryl methyl sites for hydroxylation is 1. The van der Waals surface area contributed by atoms with Crippen LogP contribution in [-0.4, -0.2) is 16.1 Å². The van der Waals surface area contributed by atoms with Gasteiger partial charge in [0.05, 0.1) is 5.69 Å². The molecule has 0 bridgehead atoms. The van der Waals surface area contributed by atoms with Crippen LogP contribution in [0.4, 0.5) is 0 Å². The van der Waals surface area contributed by atoms with Gasteiger partial charge in [-0.3, -0.25) is 0 Å². The number of hydrogen-bond donors (Lipinski definition) is 1. The molecule has 2 rings (SSSR count). The second-order valence-corrected chi connectivity index (χ2v) is 4.53. The van der Waals surface area contributed by atoms with Crippen LogP contribution in [-0.2, 0) is 13.0 Å². The second-order valence-electron chi connectivity index (χ2n) is 4.53. The summed E-state index contributed by atoms with van der Waals surface area (Å²) in [4.78, 5) is 4.64. The third-order valence-electron chi connectivity index (χ3n) is 3.03. The van der Waals surface area contributed by atoms with Crippen molar-refractivity contribution in [2.75, 3.05) is 6.54 Å². The SMILES string of the molecule is CC(C)c1cn2c(n1)CCC(CN)C2. The molecule has 0 aliphatic carbocycles. The molecule has 0 amide bonds. The summed E-state index contributed by atoms with van der Waals surface area (Å²) in [5, 5.41) is 0. The Balaban J connectivity index is 2.21. The van der Waals surface area contributed by atoms with Crippen molar-refractivity contribution in [3.8, 4) is 0 Å². The minimum atomic E-state index is 0.532. The molecule has 0 fully saturated rings. The first kappa shape index (κ1) is 9.71. The number of rotatable bonds is 2. The van der Waals surface area contributed by atoms with E-state index in [1.165, 1.54) is 17.9 Å². The summed E-state index contributed by atoms with van der Waals surface area (Å²) in [6.45, 7) is 6.24. The molecule has 1 unspecified atom stereocenters. The smallest absolute Gasteiger partial charge is 0.108 e. The van der Waals surface area contributed by atoms with Gasteiger partial charge in [-0.15, -0.1) is 0 Å². The van der Waals surface area contributed by atoms with E-state index in [1.807, 2.05) is 0 Å². The summed E-state index contributed by atoms with van der Waals surface area (Å²) in [6.07, 6.45) is 4.49. The molecule has 1 aliphatic rings. The summed E-state index contributed by atoms with van der Waals surface area (Å²) < 4.78 is 2.29. The van der Waals surface area contributed by atoms with Crippen molar-refractivity contribution in [1.82, 2.24) is 9.55 Å². The second kappa shape index (κ2) is 3.73. The Labute approximate surface area is 85.3 Å². The van der Waals surface area contributed by atoms with Gasteiger partial charge in [-0.05, 0) is 24.8 Å². The molecule has 0 radical (unpaired) electrons. The number of hydrogen-bond acceptors (Lipinski definition) is 2. The van der Waals surface area contributed by atoms with Gasteiger partial charge in [0.15, 0.2) is 0 Å². The predicted molar refractivity (Wildman–Crippen MR) is 57.2 cm³/mol. The van der Waals surface area contributed by atoms with Crippen molar-refractivity contribution in [1.29, 1.82) is 0 Å². The van der Waals surface area contributed by atoms with E-state index in [2.05, 4.69) is 29.6 Å². The first-order chi connectivity index (χ1) is 6.70. The molecule has 2 N–H and O–H groups in total. The van der Waals surface area contributed by atoms with E-state index < -0.39 is 0 Å². The van der Waals surface area contributed by atoms with E-state index in [-0.39, 0.29) is 0 Å². The minimum Gasteiger partial charge on any atom is -0.334 e. The quantitative estimate of drug-likeness (QED) is 0.774. The Morgan fingerprint density at radius 1 is 1.64 bits per heavy atom. The average molecular weight is 193 g/mol. The summed E-state index contributed by atoms with van der Waals surface area (Å²) in [6, 6.07) is 0. The maximum Gasteiger partial charge on any atom is 0.108 e. The Morgan fingerprint density at radius 2 is 2.43 bits per heavy atom. The van der Waals surface area contributed by atoms with Gasteiger partial charge in [-0.1, -0.05) is 13.8 Å². The summed E-state index contributed by atoms with van der Waals surface area (Å²) >= 11 is 0. The lowest BCUT2D eigenvalue weighted by atomic mass is 10.00. The molecule has 0 saturated carbocycles. The maximum absolute atomic E-state index is 5.69. The van der Waals surface area contributed by atoms with E-state index in [0.29, 0.717) is 11.8 Å². The van der Waals surface area contributed by atoms with Crippen molar-refractivity contribution in [3.63, 3.8) is 0 Å². The Morgan fingerprint density at radius 3 is 3.07 bits per heavy atom. The third-order valence-corrected chi connectivity index (χ3v) is 3.03. The lowest BCUT2D eigenvalue weighted by Gasteiger charge is -2.21. The number of imidazole rings is 1. The fraction of sp³-hybridized carbons (Fsp3) is 0.727. The normalized spacial score (nSPS) is 21.3. The number of aromatic nitrogens is 2. The van der Waals surface area contributed by atoms with Crippen LogP contribution in [0, 0.1) is 5.92 Å². The zero-order chi connectivity index (χ0) is 10.1. The molecule has 14 heavy (non-hydrogen) atoms. The lowest BCUT2D eigenvalue weighted by molar-refractivity contribution is 0.373. The van der Waals surface area contributed by atoms with E-state index >= 15 is 0 Å². The fourth-order valence-corrected chi connectivity index (χ4v) is 2.01. The van der Waals surface area contributed by atoms with E-state index in [4.69, 9.17) is 5.73 Å². The topological polar surface area (TPSA) is 43.8 Å². The highest BCUT2D eigenvalue weighted by Crippen LogP contribution is 2.22. The summed E-state index contributed by atoms with van der Waals surface area (Å²) in [5.74, 6) is 2.43. The lowest BCUT2D eigenvalue weighted by Crippen LogP contribution is -2.25. The van der Waals surface area contributed by atoms with Gasteiger partial charge in [0, 0.05) is 19.2 Å². The third kappa shape index (κ3) is 1.69. The van der Waals surface area contributed by atoms with Crippen LogP contribution in [0.1, 0.15) is 37.7 Å². The molecule has 0 spiro atoms. The van der Waals surface area contributed by atoms with Crippen LogP contribution in [0.5, 0.6) is 0 Å². The molecule has 1 aliphatic heterocycles. The summed E-state index contributed by atoms with van der Waals surface area (Å²) in [7, 11) is 0. The molecule has 3 nitrogen and oxygen atoms in total. The van der Waals surface area contributed by atoms with Crippen LogP contribution < -0.4 is 5.73 Å². The fourth-order valence-electron chi connectivity index (χ4n) is 2.01. The molecule has 0 aromatic carbocycles. The van der Waals surface area contributed by atoms with Gasteiger partial charge in [0.1, 0.15) is 5.82 Å². The Kier molecular flexibility index (Phi) is 2.59. The molecule has 1 aromatic heterocycles. The largest absolute Gasteiger partial charge is 0.334 e. The van der Waals surface area contributed by atoms with Crippen LogP contribution in [0.3, 0.4) is 0 Å². The molecular formula is C11H19N3. The van der Waals surface area contributed by atoms with E-state index in [9.17, 15) is 0 Å². The van der Waals surface area contributed by atoms with E-state index in [0.717, 1.165) is 19.5 Å². The zero-order valence-corrected chi connectivity index (χ0v) is 9.03. The molecule has 2 heterocycles. The van der Waals surface area contributed by atoms with Gasteiger partial charge < -0.3 is 10.3 Å². The molecule has 3 heteroatoms. The zero-order valence-electron chi connectivity index (χ0n) is 9.03. The van der Waals surface area contributed by atoms with Crippen LogP contribution in [0.2, 0.25) is 0 Å². The molecule has 78 valence electrons. The Bertz CT molecular complexity index is 314. The first-order valence-corrected chi connectivity index (χ1v) is 5.46. The van der Waals surface area contributed by atoms with Crippen molar-refractivity contribution in [3.05, 3.63) is 17.7 Å². The van der Waals surface area contributed by atoms with Crippen LogP contribution >= 0.6 is 0 Å². The number of nitrogens with two attached hydrogens (primary N) is 1. The van der Waals surface area contributed by atoms with Crippen molar-refractivity contribution < 1.29 is 0 Å². The standard InChI is InChI=1S/C11H19N3/c1-8(2)10-7-14-6-9(5-12)3-4-11(14)13-10/h7-9H,3-6,12H2,1-2H3. The van der Waals surface area contributed by atoms with Crippen LogP contribution in [0.15, 0.2) is 6.20 Å². The Hall–Kier alpha value is -0.830. The molecule has 1 aromatic rings. The highest BCUT2D eigenvalue weighted by atomic mass is 15.1. The van der Waals surface area contributed by atoms with E-state index in [1.54, 1.807) is 0 Å². The number of nitrogens with zero attached hydrogens (tertiary/aromatic N) is 2. The predicted octanol–water partition coefficient (Wildman–Crippen LogP) is 1.53. The highest BCUT2D eigenvalue weighted by Gasteiger charge is 2.19. The highest BCUT2D eigenvalue weighted by molar-refractivity contribution is 5.10. The molecule has 1 atom stereocenters. The average Bonchev–Trinajstić information content (AvgIpc) is 2.59.